The van der Waals surface area contributed by atoms with E-state index in [1.54, 1.807) is 0 Å². The van der Waals surface area contributed by atoms with E-state index in [2.05, 4.69) is 23.2 Å². The fraction of sp³-hybridized carbons (Fsp3) is 0.611. The van der Waals surface area contributed by atoms with Gasteiger partial charge in [0, 0.05) is 25.4 Å². The van der Waals surface area contributed by atoms with Crippen molar-refractivity contribution in [1.29, 1.82) is 0 Å². The van der Waals surface area contributed by atoms with E-state index in [1.807, 2.05) is 12.1 Å². The minimum Gasteiger partial charge on any atom is -0.378 e. The molecule has 1 fully saturated rings. The van der Waals surface area contributed by atoms with E-state index >= 15 is 0 Å². The molecule has 0 bridgehead atoms. The second-order valence-corrected chi connectivity index (χ2v) is 6.39. The van der Waals surface area contributed by atoms with Crippen LogP contribution in [0.1, 0.15) is 50.2 Å². The molecule has 22 heavy (non-hydrogen) atoms. The number of hydrogen-bond donors (Lipinski definition) is 1. The number of nitrogens with zero attached hydrogens (tertiary/aromatic N) is 1. The van der Waals surface area contributed by atoms with Gasteiger partial charge in [-0.1, -0.05) is 25.5 Å². The zero-order valence-corrected chi connectivity index (χ0v) is 13.4. The number of carbonyl (C=O) groups excluding carboxylic acids is 1. The van der Waals surface area contributed by atoms with Crippen molar-refractivity contribution < 1.29 is 9.53 Å². The summed E-state index contributed by atoms with van der Waals surface area (Å²) < 4.78 is 5.55. The molecule has 1 unspecified atom stereocenters. The highest BCUT2D eigenvalue weighted by Crippen LogP contribution is 2.29. The van der Waals surface area contributed by atoms with Gasteiger partial charge in [0.25, 0.3) is 0 Å². The van der Waals surface area contributed by atoms with Crippen LogP contribution in [-0.4, -0.2) is 30.1 Å². The first-order valence-electron chi connectivity index (χ1n) is 8.51. The number of nitrogens with one attached hydrogen (secondary N) is 1. The van der Waals surface area contributed by atoms with Crippen LogP contribution in [0.2, 0.25) is 0 Å². The Labute approximate surface area is 132 Å². The Kier molecular flexibility index (Phi) is 5.11. The largest absolute Gasteiger partial charge is 0.378 e. The summed E-state index contributed by atoms with van der Waals surface area (Å²) >= 11 is 0. The second-order valence-electron chi connectivity index (χ2n) is 6.39. The molecule has 2 aliphatic rings. The van der Waals surface area contributed by atoms with Gasteiger partial charge in [0.15, 0.2) is 0 Å². The number of rotatable bonds is 6. The standard InChI is InChI=1S/C18H26N2O2/c1-2-3-9-20-12-14-6-4-8-17(16(14)13-20)19-18(21)11-15-7-5-10-22-15/h4,6,8,15H,2-3,5,7,9-13H2,1H3,(H,19,21). The summed E-state index contributed by atoms with van der Waals surface area (Å²) in [5.74, 6) is 0.0762. The third-order valence-corrected chi connectivity index (χ3v) is 4.59. The van der Waals surface area contributed by atoms with Gasteiger partial charge in [-0.2, -0.15) is 0 Å². The highest BCUT2D eigenvalue weighted by Gasteiger charge is 2.23. The Balaban J connectivity index is 1.61. The number of anilines is 1. The summed E-state index contributed by atoms with van der Waals surface area (Å²) in [4.78, 5) is 14.7. The molecule has 4 heteroatoms. The predicted molar refractivity (Wildman–Crippen MR) is 87.7 cm³/mol. The van der Waals surface area contributed by atoms with Crippen molar-refractivity contribution >= 4 is 11.6 Å². The lowest BCUT2D eigenvalue weighted by atomic mass is 10.1. The summed E-state index contributed by atoms with van der Waals surface area (Å²) in [6, 6.07) is 6.25. The van der Waals surface area contributed by atoms with Crippen LogP contribution < -0.4 is 5.32 Å². The van der Waals surface area contributed by atoms with Crippen molar-refractivity contribution in [2.75, 3.05) is 18.5 Å². The molecule has 120 valence electrons. The fourth-order valence-corrected chi connectivity index (χ4v) is 3.36. The zero-order valence-electron chi connectivity index (χ0n) is 13.4. The quantitative estimate of drug-likeness (QED) is 0.876. The number of amides is 1. The highest BCUT2D eigenvalue weighted by molar-refractivity contribution is 5.92. The molecule has 1 aromatic rings. The van der Waals surface area contributed by atoms with Crippen LogP contribution in [0, 0.1) is 0 Å². The van der Waals surface area contributed by atoms with Gasteiger partial charge in [0.05, 0.1) is 12.5 Å². The van der Waals surface area contributed by atoms with Gasteiger partial charge >= 0.3 is 0 Å². The summed E-state index contributed by atoms with van der Waals surface area (Å²) in [6.45, 7) is 6.11. The SMILES string of the molecule is CCCCN1Cc2cccc(NC(=O)CC3CCCO3)c2C1. The maximum atomic E-state index is 12.2. The average Bonchev–Trinajstić information content (AvgIpc) is 3.14. The van der Waals surface area contributed by atoms with E-state index in [-0.39, 0.29) is 12.0 Å². The van der Waals surface area contributed by atoms with E-state index in [1.165, 1.54) is 24.0 Å². The predicted octanol–water partition coefficient (Wildman–Crippen LogP) is 3.31. The van der Waals surface area contributed by atoms with E-state index in [9.17, 15) is 4.79 Å². The van der Waals surface area contributed by atoms with E-state index in [4.69, 9.17) is 4.74 Å². The molecule has 4 nitrogen and oxygen atoms in total. The lowest BCUT2D eigenvalue weighted by Gasteiger charge is -2.14. The Hall–Kier alpha value is -1.39. The highest BCUT2D eigenvalue weighted by atomic mass is 16.5. The normalized spacial score (nSPS) is 21.0. The van der Waals surface area contributed by atoms with E-state index in [0.717, 1.165) is 44.8 Å². The molecule has 0 spiro atoms. The second kappa shape index (κ2) is 7.25. The van der Waals surface area contributed by atoms with Gasteiger partial charge in [0.2, 0.25) is 5.91 Å². The molecule has 0 aromatic heterocycles. The number of unbranched alkanes of at least 4 members (excludes halogenated alkanes) is 1. The van der Waals surface area contributed by atoms with Crippen molar-refractivity contribution in [2.45, 2.75) is 58.2 Å². The zero-order chi connectivity index (χ0) is 15.4. The third kappa shape index (κ3) is 3.68. The van der Waals surface area contributed by atoms with Crippen molar-refractivity contribution in [3.63, 3.8) is 0 Å². The lowest BCUT2D eigenvalue weighted by Crippen LogP contribution is -2.20. The van der Waals surface area contributed by atoms with Gasteiger partial charge in [-0.05, 0) is 43.0 Å². The maximum Gasteiger partial charge on any atom is 0.226 e. The molecule has 0 saturated carbocycles. The first kappa shape index (κ1) is 15.5. The summed E-state index contributed by atoms with van der Waals surface area (Å²) in [5, 5.41) is 3.10. The van der Waals surface area contributed by atoms with Crippen LogP contribution >= 0.6 is 0 Å². The van der Waals surface area contributed by atoms with Crippen LogP contribution in [0.25, 0.3) is 0 Å². The average molecular weight is 302 g/mol. The fourth-order valence-electron chi connectivity index (χ4n) is 3.36. The van der Waals surface area contributed by atoms with Gasteiger partial charge in [-0.25, -0.2) is 0 Å². The van der Waals surface area contributed by atoms with Gasteiger partial charge < -0.3 is 10.1 Å². The molecule has 0 aliphatic carbocycles. The van der Waals surface area contributed by atoms with Crippen LogP contribution in [-0.2, 0) is 22.6 Å². The van der Waals surface area contributed by atoms with Gasteiger partial charge in [-0.15, -0.1) is 0 Å². The monoisotopic (exact) mass is 302 g/mol. The first-order valence-corrected chi connectivity index (χ1v) is 8.51. The van der Waals surface area contributed by atoms with E-state index in [0.29, 0.717) is 6.42 Å². The minimum atomic E-state index is 0.0762. The molecule has 2 heterocycles. The summed E-state index contributed by atoms with van der Waals surface area (Å²) in [6.07, 6.45) is 5.11. The van der Waals surface area contributed by atoms with Crippen LogP contribution in [0.15, 0.2) is 18.2 Å². The maximum absolute atomic E-state index is 12.2. The van der Waals surface area contributed by atoms with E-state index < -0.39 is 0 Å². The van der Waals surface area contributed by atoms with Crippen LogP contribution in [0.3, 0.4) is 0 Å². The van der Waals surface area contributed by atoms with Crippen molar-refractivity contribution in [2.24, 2.45) is 0 Å². The minimum absolute atomic E-state index is 0.0762. The number of hydrogen-bond acceptors (Lipinski definition) is 3. The summed E-state index contributed by atoms with van der Waals surface area (Å²) in [5.41, 5.74) is 3.63. The lowest BCUT2D eigenvalue weighted by molar-refractivity contribution is -0.118. The first-order chi connectivity index (χ1) is 10.8. The van der Waals surface area contributed by atoms with Gasteiger partial charge in [-0.3, -0.25) is 9.69 Å². The molecule has 1 saturated heterocycles. The number of benzene rings is 1. The molecular weight excluding hydrogens is 276 g/mol. The van der Waals surface area contributed by atoms with Crippen LogP contribution in [0.5, 0.6) is 0 Å². The molecule has 0 radical (unpaired) electrons. The smallest absolute Gasteiger partial charge is 0.226 e. The number of fused-ring (bicyclic) bond motifs is 1. The van der Waals surface area contributed by atoms with Crippen molar-refractivity contribution in [3.05, 3.63) is 29.3 Å². The molecule has 2 aliphatic heterocycles. The van der Waals surface area contributed by atoms with Crippen molar-refractivity contribution in [1.82, 2.24) is 4.90 Å². The third-order valence-electron chi connectivity index (χ3n) is 4.59. The molecule has 1 atom stereocenters. The molecule has 1 aromatic carbocycles. The molecule has 1 N–H and O–H groups in total. The van der Waals surface area contributed by atoms with Gasteiger partial charge in [0.1, 0.15) is 0 Å². The summed E-state index contributed by atoms with van der Waals surface area (Å²) in [7, 11) is 0. The number of ether oxygens (including phenoxy) is 1. The topological polar surface area (TPSA) is 41.6 Å². The Morgan fingerprint density at radius 2 is 2.32 bits per heavy atom. The Morgan fingerprint density at radius 3 is 3.09 bits per heavy atom. The molecular formula is C18H26N2O2. The Bertz CT molecular complexity index is 524. The van der Waals surface area contributed by atoms with Crippen molar-refractivity contribution in [3.8, 4) is 0 Å². The number of carbonyl (C=O) groups is 1. The molecule has 3 rings (SSSR count). The molecule has 1 amide bonds. The Morgan fingerprint density at radius 1 is 1.41 bits per heavy atom. The van der Waals surface area contributed by atoms with Crippen LogP contribution in [0.4, 0.5) is 5.69 Å².